The molecule has 5 heteroatoms. The number of nitrogens with one attached hydrogen (secondary N) is 1. The van der Waals surface area contributed by atoms with Crippen molar-refractivity contribution in [3.63, 3.8) is 0 Å². The molecule has 0 heterocycles. The molecule has 2 N–H and O–H groups in total. The average Bonchev–Trinajstić information content (AvgIpc) is 2.30. The predicted molar refractivity (Wildman–Crippen MR) is 71.5 cm³/mol. The SMILES string of the molecule is CCC(C)C(NC(=O)N(CC)CC(C)C)C(=O)O. The van der Waals surface area contributed by atoms with Crippen LogP contribution >= 0.6 is 0 Å². The monoisotopic (exact) mass is 258 g/mol. The first-order chi connectivity index (χ1) is 8.33. The van der Waals surface area contributed by atoms with Gasteiger partial charge in [0.1, 0.15) is 6.04 Å². The lowest BCUT2D eigenvalue weighted by Crippen LogP contribution is -2.51. The van der Waals surface area contributed by atoms with Crippen LogP contribution in [0.4, 0.5) is 4.79 Å². The summed E-state index contributed by atoms with van der Waals surface area (Å²) in [6.07, 6.45) is 0.716. The van der Waals surface area contributed by atoms with Crippen molar-refractivity contribution in [2.75, 3.05) is 13.1 Å². The number of carboxylic acids is 1. The quantitative estimate of drug-likeness (QED) is 0.735. The molecule has 0 aromatic rings. The number of aliphatic carboxylic acids is 1. The van der Waals surface area contributed by atoms with Crippen LogP contribution in [0.2, 0.25) is 0 Å². The fourth-order valence-corrected chi connectivity index (χ4v) is 1.70. The molecule has 2 amide bonds. The summed E-state index contributed by atoms with van der Waals surface area (Å²) in [4.78, 5) is 24.8. The zero-order chi connectivity index (χ0) is 14.3. The standard InChI is InChI=1S/C13H26N2O3/c1-6-10(5)11(12(16)17)14-13(18)15(7-2)8-9(3)4/h9-11H,6-8H2,1-5H3,(H,14,18)(H,16,17). The van der Waals surface area contributed by atoms with Crippen molar-refractivity contribution >= 4 is 12.0 Å². The van der Waals surface area contributed by atoms with Gasteiger partial charge < -0.3 is 15.3 Å². The molecular weight excluding hydrogens is 232 g/mol. The molecule has 0 saturated heterocycles. The molecule has 0 aromatic carbocycles. The molecular formula is C13H26N2O3. The van der Waals surface area contributed by atoms with Crippen molar-refractivity contribution < 1.29 is 14.7 Å². The summed E-state index contributed by atoms with van der Waals surface area (Å²) in [6.45, 7) is 10.9. The van der Waals surface area contributed by atoms with E-state index in [2.05, 4.69) is 5.32 Å². The highest BCUT2D eigenvalue weighted by atomic mass is 16.4. The molecule has 0 spiro atoms. The first kappa shape index (κ1) is 16.7. The van der Waals surface area contributed by atoms with Gasteiger partial charge in [0.05, 0.1) is 0 Å². The number of nitrogens with zero attached hydrogens (tertiary/aromatic N) is 1. The van der Waals surface area contributed by atoms with Gasteiger partial charge in [0.15, 0.2) is 0 Å². The van der Waals surface area contributed by atoms with E-state index < -0.39 is 12.0 Å². The Bertz CT molecular complexity index is 279. The highest BCUT2D eigenvalue weighted by Gasteiger charge is 2.27. The number of rotatable bonds is 7. The Kier molecular flexibility index (Phi) is 7.39. The molecule has 0 aliphatic rings. The number of hydrogen-bond acceptors (Lipinski definition) is 2. The van der Waals surface area contributed by atoms with E-state index in [1.807, 2.05) is 34.6 Å². The second-order valence-electron chi connectivity index (χ2n) is 5.08. The Labute approximate surface area is 110 Å². The van der Waals surface area contributed by atoms with Gasteiger partial charge in [-0.05, 0) is 18.8 Å². The fourth-order valence-electron chi connectivity index (χ4n) is 1.70. The van der Waals surface area contributed by atoms with E-state index >= 15 is 0 Å². The third-order valence-electron chi connectivity index (χ3n) is 3.01. The molecule has 18 heavy (non-hydrogen) atoms. The van der Waals surface area contributed by atoms with Gasteiger partial charge in [-0.1, -0.05) is 34.1 Å². The topological polar surface area (TPSA) is 69.6 Å². The van der Waals surface area contributed by atoms with Gasteiger partial charge in [0.2, 0.25) is 0 Å². The Hall–Kier alpha value is -1.26. The Morgan fingerprint density at radius 1 is 1.22 bits per heavy atom. The summed E-state index contributed by atoms with van der Waals surface area (Å²) >= 11 is 0. The minimum Gasteiger partial charge on any atom is -0.480 e. The van der Waals surface area contributed by atoms with Gasteiger partial charge >= 0.3 is 12.0 Å². The van der Waals surface area contributed by atoms with Crippen LogP contribution in [-0.4, -0.2) is 41.1 Å². The first-order valence-electron chi connectivity index (χ1n) is 6.61. The van der Waals surface area contributed by atoms with Crippen LogP contribution in [0.3, 0.4) is 0 Å². The lowest BCUT2D eigenvalue weighted by atomic mass is 9.99. The molecule has 2 unspecified atom stereocenters. The first-order valence-corrected chi connectivity index (χ1v) is 6.61. The largest absolute Gasteiger partial charge is 0.480 e. The molecule has 0 bridgehead atoms. The van der Waals surface area contributed by atoms with Gasteiger partial charge in [-0.15, -0.1) is 0 Å². The molecule has 0 radical (unpaired) electrons. The lowest BCUT2D eigenvalue weighted by Gasteiger charge is -2.27. The van der Waals surface area contributed by atoms with E-state index in [1.165, 1.54) is 0 Å². The molecule has 0 saturated carbocycles. The van der Waals surface area contributed by atoms with Crippen molar-refractivity contribution in [1.82, 2.24) is 10.2 Å². The molecule has 2 atom stereocenters. The van der Waals surface area contributed by atoms with Crippen molar-refractivity contribution in [3.8, 4) is 0 Å². The highest BCUT2D eigenvalue weighted by molar-refractivity contribution is 5.82. The number of hydrogen-bond donors (Lipinski definition) is 2. The third kappa shape index (κ3) is 5.38. The summed E-state index contributed by atoms with van der Waals surface area (Å²) in [5.74, 6) is -0.690. The fraction of sp³-hybridized carbons (Fsp3) is 0.846. The summed E-state index contributed by atoms with van der Waals surface area (Å²) in [7, 11) is 0. The van der Waals surface area contributed by atoms with E-state index in [1.54, 1.807) is 4.90 Å². The van der Waals surface area contributed by atoms with Crippen LogP contribution in [-0.2, 0) is 4.79 Å². The number of carboxylic acid groups (broad SMARTS) is 1. The highest BCUT2D eigenvalue weighted by Crippen LogP contribution is 2.09. The minimum atomic E-state index is -0.974. The van der Waals surface area contributed by atoms with E-state index in [0.29, 0.717) is 25.4 Å². The normalized spacial score (nSPS) is 14.1. The van der Waals surface area contributed by atoms with E-state index in [0.717, 1.165) is 0 Å². The maximum atomic E-state index is 12.0. The molecule has 0 aliphatic carbocycles. The van der Waals surface area contributed by atoms with Gasteiger partial charge in [0, 0.05) is 13.1 Å². The number of carbonyl (C=O) groups is 2. The predicted octanol–water partition coefficient (Wildman–Crippen LogP) is 2.17. The molecule has 0 aliphatic heterocycles. The molecule has 106 valence electrons. The molecule has 5 nitrogen and oxygen atoms in total. The lowest BCUT2D eigenvalue weighted by molar-refractivity contribution is -0.140. The van der Waals surface area contributed by atoms with Gasteiger partial charge in [0.25, 0.3) is 0 Å². The second kappa shape index (κ2) is 7.95. The minimum absolute atomic E-state index is 0.0794. The van der Waals surface area contributed by atoms with E-state index in [9.17, 15) is 9.59 Å². The Morgan fingerprint density at radius 3 is 2.11 bits per heavy atom. The van der Waals surface area contributed by atoms with Crippen LogP contribution in [0.1, 0.15) is 41.0 Å². The van der Waals surface area contributed by atoms with Crippen molar-refractivity contribution in [2.24, 2.45) is 11.8 Å². The number of amides is 2. The van der Waals surface area contributed by atoms with Crippen LogP contribution in [0.15, 0.2) is 0 Å². The number of carbonyl (C=O) groups excluding carboxylic acids is 1. The average molecular weight is 258 g/mol. The maximum Gasteiger partial charge on any atom is 0.326 e. The van der Waals surface area contributed by atoms with E-state index in [-0.39, 0.29) is 11.9 Å². The smallest absolute Gasteiger partial charge is 0.326 e. The molecule has 0 fully saturated rings. The van der Waals surface area contributed by atoms with Crippen LogP contribution in [0, 0.1) is 11.8 Å². The molecule has 0 rings (SSSR count). The van der Waals surface area contributed by atoms with Gasteiger partial charge in [-0.3, -0.25) is 0 Å². The summed E-state index contributed by atoms with van der Waals surface area (Å²) < 4.78 is 0. The second-order valence-corrected chi connectivity index (χ2v) is 5.08. The van der Waals surface area contributed by atoms with Crippen LogP contribution < -0.4 is 5.32 Å². The van der Waals surface area contributed by atoms with Gasteiger partial charge in [-0.25, -0.2) is 9.59 Å². The zero-order valence-corrected chi connectivity index (χ0v) is 12.1. The summed E-state index contributed by atoms with van der Waals surface area (Å²) in [5.41, 5.74) is 0. The van der Waals surface area contributed by atoms with Crippen molar-refractivity contribution in [3.05, 3.63) is 0 Å². The zero-order valence-electron chi connectivity index (χ0n) is 12.1. The Balaban J connectivity index is 4.61. The van der Waals surface area contributed by atoms with Crippen molar-refractivity contribution in [1.29, 1.82) is 0 Å². The van der Waals surface area contributed by atoms with E-state index in [4.69, 9.17) is 5.11 Å². The maximum absolute atomic E-state index is 12.0. The van der Waals surface area contributed by atoms with Crippen molar-refractivity contribution in [2.45, 2.75) is 47.1 Å². The van der Waals surface area contributed by atoms with Crippen LogP contribution in [0.5, 0.6) is 0 Å². The summed E-state index contributed by atoms with van der Waals surface area (Å²) in [6, 6.07) is -1.11. The Morgan fingerprint density at radius 2 is 1.78 bits per heavy atom. The summed E-state index contributed by atoms with van der Waals surface area (Å²) in [5, 5.41) is 11.7. The third-order valence-corrected chi connectivity index (χ3v) is 3.01. The number of urea groups is 1. The van der Waals surface area contributed by atoms with Gasteiger partial charge in [-0.2, -0.15) is 0 Å². The van der Waals surface area contributed by atoms with Crippen LogP contribution in [0.25, 0.3) is 0 Å². The molecule has 0 aromatic heterocycles.